The fourth-order valence-corrected chi connectivity index (χ4v) is 2.63. The van der Waals surface area contributed by atoms with Gasteiger partial charge in [0.15, 0.2) is 0 Å². The van der Waals surface area contributed by atoms with Crippen LogP contribution >= 0.6 is 0 Å². The number of carbonyl (C=O) groups excluding carboxylic acids is 1. The van der Waals surface area contributed by atoms with Gasteiger partial charge in [-0.2, -0.15) is 13.2 Å². The molecule has 1 aromatic carbocycles. The molecular weight excluding hydrogens is 319 g/mol. The van der Waals surface area contributed by atoms with Crippen molar-refractivity contribution in [3.8, 4) is 0 Å². The Morgan fingerprint density at radius 1 is 1.12 bits per heavy atom. The Bertz CT molecular complexity index is 723. The smallest absolute Gasteiger partial charge is 0.357 e. The van der Waals surface area contributed by atoms with E-state index in [0.717, 1.165) is 43.9 Å². The minimum Gasteiger partial charge on any atom is -0.357 e. The average Bonchev–Trinajstić information content (AvgIpc) is 3.09. The topological polar surface area (TPSA) is 45.2 Å². The summed E-state index contributed by atoms with van der Waals surface area (Å²) in [4.78, 5) is 18.6. The Morgan fingerprint density at radius 3 is 2.50 bits per heavy atom. The van der Waals surface area contributed by atoms with Crippen LogP contribution in [0, 0.1) is 0 Å². The van der Waals surface area contributed by atoms with Gasteiger partial charge in [-0.1, -0.05) is 6.07 Å². The number of halogens is 3. The number of hydrogen-bond donors (Lipinski definition) is 1. The summed E-state index contributed by atoms with van der Waals surface area (Å²) >= 11 is 0. The van der Waals surface area contributed by atoms with Crippen LogP contribution in [0.15, 0.2) is 42.6 Å². The van der Waals surface area contributed by atoms with Crippen LogP contribution in [0.4, 0.5) is 24.7 Å². The molecule has 0 spiro atoms. The molecule has 2 aromatic rings. The molecule has 4 nitrogen and oxygen atoms in total. The zero-order valence-electron chi connectivity index (χ0n) is 12.8. The zero-order valence-corrected chi connectivity index (χ0v) is 12.8. The van der Waals surface area contributed by atoms with Crippen molar-refractivity contribution in [2.24, 2.45) is 0 Å². The lowest BCUT2D eigenvalue weighted by Gasteiger charge is -2.16. The van der Waals surface area contributed by atoms with Crippen molar-refractivity contribution in [1.82, 2.24) is 4.98 Å². The Labute approximate surface area is 137 Å². The predicted octanol–water partition coefficient (Wildman–Crippen LogP) is 3.95. The van der Waals surface area contributed by atoms with Crippen LogP contribution in [0.5, 0.6) is 0 Å². The molecule has 0 saturated carbocycles. The van der Waals surface area contributed by atoms with Crippen LogP contribution in [0.3, 0.4) is 0 Å². The van der Waals surface area contributed by atoms with Crippen LogP contribution in [-0.2, 0) is 6.18 Å². The number of benzene rings is 1. The fourth-order valence-electron chi connectivity index (χ4n) is 2.63. The average molecular weight is 335 g/mol. The highest BCUT2D eigenvalue weighted by Gasteiger charge is 2.30. The highest BCUT2D eigenvalue weighted by atomic mass is 19.4. The molecule has 126 valence electrons. The van der Waals surface area contributed by atoms with Crippen molar-refractivity contribution < 1.29 is 18.0 Å². The molecule has 1 aliphatic rings. The third-order valence-corrected chi connectivity index (χ3v) is 3.89. The van der Waals surface area contributed by atoms with Gasteiger partial charge >= 0.3 is 6.18 Å². The van der Waals surface area contributed by atoms with E-state index in [1.807, 2.05) is 0 Å². The minimum absolute atomic E-state index is 0.0477. The van der Waals surface area contributed by atoms with E-state index in [0.29, 0.717) is 5.69 Å². The molecule has 2 heterocycles. The number of anilines is 2. The molecule has 0 atom stereocenters. The van der Waals surface area contributed by atoms with Gasteiger partial charge in [-0.25, -0.2) is 4.98 Å². The lowest BCUT2D eigenvalue weighted by atomic mass is 10.1. The van der Waals surface area contributed by atoms with Gasteiger partial charge < -0.3 is 10.2 Å². The van der Waals surface area contributed by atoms with E-state index in [4.69, 9.17) is 0 Å². The van der Waals surface area contributed by atoms with Crippen molar-refractivity contribution in [2.75, 3.05) is 23.3 Å². The number of pyridine rings is 1. The Balaban J connectivity index is 1.70. The van der Waals surface area contributed by atoms with Gasteiger partial charge in [0.2, 0.25) is 0 Å². The summed E-state index contributed by atoms with van der Waals surface area (Å²) in [6.07, 6.45) is -0.695. The number of nitrogens with zero attached hydrogens (tertiary/aromatic N) is 2. The van der Waals surface area contributed by atoms with Gasteiger partial charge in [0, 0.05) is 18.7 Å². The maximum absolute atomic E-state index is 12.7. The minimum atomic E-state index is -4.48. The monoisotopic (exact) mass is 335 g/mol. The maximum Gasteiger partial charge on any atom is 0.416 e. The zero-order chi connectivity index (χ0) is 17.2. The number of hydrogen-bond acceptors (Lipinski definition) is 3. The molecule has 0 bridgehead atoms. The fraction of sp³-hybridized carbons (Fsp3) is 0.294. The summed E-state index contributed by atoms with van der Waals surface area (Å²) in [5, 5.41) is 2.57. The van der Waals surface area contributed by atoms with Crippen LogP contribution in [0.25, 0.3) is 0 Å². The van der Waals surface area contributed by atoms with E-state index in [9.17, 15) is 18.0 Å². The first kappa shape index (κ1) is 16.3. The second kappa shape index (κ2) is 6.51. The van der Waals surface area contributed by atoms with Crippen LogP contribution in [0.1, 0.15) is 28.8 Å². The van der Waals surface area contributed by atoms with Crippen molar-refractivity contribution in [2.45, 2.75) is 19.0 Å². The predicted molar refractivity (Wildman–Crippen MR) is 85.1 cm³/mol. The van der Waals surface area contributed by atoms with Crippen LogP contribution in [0.2, 0.25) is 0 Å². The SMILES string of the molecule is O=C(Nc1ccc(N2CCCC2)nc1)c1cccc(C(F)(F)F)c1. The second-order valence-corrected chi connectivity index (χ2v) is 5.63. The van der Waals surface area contributed by atoms with Gasteiger partial charge in [0.25, 0.3) is 5.91 Å². The molecule has 1 aromatic heterocycles. The van der Waals surface area contributed by atoms with Gasteiger partial charge in [0.1, 0.15) is 5.82 Å². The standard InChI is InChI=1S/C17H16F3N3O/c18-17(19,20)13-5-3-4-12(10-13)16(24)22-14-6-7-15(21-11-14)23-8-1-2-9-23/h3-7,10-11H,1-2,8-9H2,(H,22,24). The molecule has 1 N–H and O–H groups in total. The van der Waals surface area contributed by atoms with E-state index in [2.05, 4.69) is 15.2 Å². The summed E-state index contributed by atoms with van der Waals surface area (Å²) in [6, 6.07) is 7.83. The number of nitrogens with one attached hydrogen (secondary N) is 1. The highest BCUT2D eigenvalue weighted by Crippen LogP contribution is 2.29. The van der Waals surface area contributed by atoms with Crippen LogP contribution < -0.4 is 10.2 Å². The summed E-state index contributed by atoms with van der Waals surface area (Å²) in [7, 11) is 0. The van der Waals surface area contributed by atoms with Crippen LogP contribution in [-0.4, -0.2) is 24.0 Å². The van der Waals surface area contributed by atoms with E-state index in [1.54, 1.807) is 12.1 Å². The Kier molecular flexibility index (Phi) is 4.42. The molecule has 1 fully saturated rings. The third-order valence-electron chi connectivity index (χ3n) is 3.89. The van der Waals surface area contributed by atoms with Crippen molar-refractivity contribution in [1.29, 1.82) is 0 Å². The van der Waals surface area contributed by atoms with Crippen molar-refractivity contribution >= 4 is 17.4 Å². The largest absolute Gasteiger partial charge is 0.416 e. The summed E-state index contributed by atoms with van der Waals surface area (Å²) in [5.74, 6) is 0.237. The summed E-state index contributed by atoms with van der Waals surface area (Å²) in [6.45, 7) is 1.92. The first-order valence-corrected chi connectivity index (χ1v) is 7.63. The van der Waals surface area contributed by atoms with Gasteiger partial charge in [-0.3, -0.25) is 4.79 Å². The maximum atomic E-state index is 12.7. The Morgan fingerprint density at radius 2 is 1.88 bits per heavy atom. The molecule has 0 unspecified atom stereocenters. The lowest BCUT2D eigenvalue weighted by Crippen LogP contribution is -2.19. The van der Waals surface area contributed by atoms with E-state index < -0.39 is 17.6 Å². The number of carbonyl (C=O) groups is 1. The number of rotatable bonds is 3. The number of aromatic nitrogens is 1. The number of amides is 1. The normalized spacial score (nSPS) is 14.7. The van der Waals surface area contributed by atoms with E-state index in [-0.39, 0.29) is 5.56 Å². The molecule has 3 rings (SSSR count). The summed E-state index contributed by atoms with van der Waals surface area (Å²) in [5.41, 5.74) is -0.452. The summed E-state index contributed by atoms with van der Waals surface area (Å²) < 4.78 is 38.1. The third kappa shape index (κ3) is 3.67. The van der Waals surface area contributed by atoms with Gasteiger partial charge in [-0.15, -0.1) is 0 Å². The first-order valence-electron chi connectivity index (χ1n) is 7.63. The number of alkyl halides is 3. The molecule has 7 heteroatoms. The first-order chi connectivity index (χ1) is 11.4. The second-order valence-electron chi connectivity index (χ2n) is 5.63. The molecule has 1 amide bonds. The van der Waals surface area contributed by atoms with Crippen molar-refractivity contribution in [3.63, 3.8) is 0 Å². The van der Waals surface area contributed by atoms with Gasteiger partial charge in [0.05, 0.1) is 17.4 Å². The van der Waals surface area contributed by atoms with E-state index >= 15 is 0 Å². The molecule has 0 aliphatic carbocycles. The molecular formula is C17H16F3N3O. The van der Waals surface area contributed by atoms with Crippen molar-refractivity contribution in [3.05, 3.63) is 53.7 Å². The van der Waals surface area contributed by atoms with E-state index in [1.165, 1.54) is 18.3 Å². The lowest BCUT2D eigenvalue weighted by molar-refractivity contribution is -0.137. The molecule has 1 aliphatic heterocycles. The highest BCUT2D eigenvalue weighted by molar-refractivity contribution is 6.04. The molecule has 24 heavy (non-hydrogen) atoms. The quantitative estimate of drug-likeness (QED) is 0.924. The molecule has 1 saturated heterocycles. The van der Waals surface area contributed by atoms with Gasteiger partial charge in [-0.05, 0) is 43.2 Å². The Hall–Kier alpha value is -2.57. The molecule has 0 radical (unpaired) electrons.